The molecular formula is C27H35N5O3. The molecule has 8 nitrogen and oxygen atoms in total. The number of ether oxygens (including phenoxy) is 1. The number of hydrogen-bond acceptors (Lipinski definition) is 4. The normalized spacial score (nSPS) is 18.0. The molecule has 0 spiro atoms. The van der Waals surface area contributed by atoms with Gasteiger partial charge in [-0.05, 0) is 63.6 Å². The van der Waals surface area contributed by atoms with E-state index in [0.29, 0.717) is 37.2 Å². The molecule has 1 aliphatic heterocycles. The summed E-state index contributed by atoms with van der Waals surface area (Å²) in [5.74, 6) is -0.0220. The monoisotopic (exact) mass is 477 g/mol. The zero-order chi connectivity index (χ0) is 25.0. The van der Waals surface area contributed by atoms with E-state index >= 15 is 0 Å². The lowest BCUT2D eigenvalue weighted by atomic mass is 9.76. The van der Waals surface area contributed by atoms with Crippen molar-refractivity contribution in [3.8, 4) is 11.4 Å². The molecular weight excluding hydrogens is 442 g/mol. The highest BCUT2D eigenvalue weighted by atomic mass is 16.6. The summed E-state index contributed by atoms with van der Waals surface area (Å²) in [5, 5.41) is 8.94. The number of nitrogens with zero attached hydrogens (tertiary/aromatic N) is 3. The van der Waals surface area contributed by atoms with Crippen LogP contribution in [0.15, 0.2) is 24.3 Å². The Labute approximate surface area is 206 Å². The standard InChI is InChI=1S/C27H35N5O3/c1-26(2,3)35-25(34)32-12-10-31(11-13-32)24(33)18-7-6-17-14-21(28-20(17)15-18)23-19-8-9-27(4,5)16-22(19)29-30-23/h6-7,14-15,28H,8-13,16H2,1-5H3,(H,29,30). The van der Waals surface area contributed by atoms with E-state index in [2.05, 4.69) is 35.1 Å². The molecule has 35 heavy (non-hydrogen) atoms. The van der Waals surface area contributed by atoms with Gasteiger partial charge in [0.25, 0.3) is 5.91 Å². The summed E-state index contributed by atoms with van der Waals surface area (Å²) in [6.45, 7) is 12.1. The average Bonchev–Trinajstić information content (AvgIpc) is 3.39. The molecule has 8 heteroatoms. The highest BCUT2D eigenvalue weighted by Crippen LogP contribution is 2.38. The molecule has 0 unspecified atom stereocenters. The fraction of sp³-hybridized carbons (Fsp3) is 0.519. The Morgan fingerprint density at radius 1 is 1.06 bits per heavy atom. The molecule has 0 bridgehead atoms. The number of carbonyl (C=O) groups excluding carboxylic acids is 2. The fourth-order valence-electron chi connectivity index (χ4n) is 5.06. The first-order valence-electron chi connectivity index (χ1n) is 12.5. The van der Waals surface area contributed by atoms with Crippen molar-refractivity contribution in [2.75, 3.05) is 26.2 Å². The molecule has 1 fully saturated rings. The summed E-state index contributed by atoms with van der Waals surface area (Å²) in [6, 6.07) is 7.90. The van der Waals surface area contributed by atoms with E-state index < -0.39 is 5.60 Å². The van der Waals surface area contributed by atoms with Crippen molar-refractivity contribution in [3.63, 3.8) is 0 Å². The van der Waals surface area contributed by atoms with Crippen molar-refractivity contribution in [2.45, 2.75) is 59.5 Å². The molecule has 1 aliphatic carbocycles. The van der Waals surface area contributed by atoms with E-state index in [1.807, 2.05) is 39.0 Å². The van der Waals surface area contributed by atoms with Crippen molar-refractivity contribution < 1.29 is 14.3 Å². The van der Waals surface area contributed by atoms with Crippen LogP contribution in [0.25, 0.3) is 22.3 Å². The Morgan fingerprint density at radius 2 is 1.77 bits per heavy atom. The lowest BCUT2D eigenvalue weighted by Gasteiger charge is -2.35. The number of aromatic amines is 2. The summed E-state index contributed by atoms with van der Waals surface area (Å²) in [4.78, 5) is 32.5. The lowest BCUT2D eigenvalue weighted by molar-refractivity contribution is 0.0141. The van der Waals surface area contributed by atoms with Crippen molar-refractivity contribution in [2.24, 2.45) is 5.41 Å². The molecule has 2 aliphatic rings. The van der Waals surface area contributed by atoms with E-state index in [0.717, 1.165) is 41.6 Å². The Bertz CT molecular complexity index is 1270. The van der Waals surface area contributed by atoms with E-state index in [1.54, 1.807) is 9.80 Å². The molecule has 3 aromatic rings. The molecule has 1 saturated heterocycles. The number of carbonyl (C=O) groups is 2. The number of nitrogens with one attached hydrogen (secondary N) is 2. The number of piperazine rings is 1. The van der Waals surface area contributed by atoms with Gasteiger partial charge in [0.05, 0.1) is 5.69 Å². The maximum Gasteiger partial charge on any atom is 0.410 e. The number of amides is 2. The maximum absolute atomic E-state index is 13.2. The van der Waals surface area contributed by atoms with Crippen LogP contribution < -0.4 is 0 Å². The number of fused-ring (bicyclic) bond motifs is 2. The number of H-pyrrole nitrogens is 2. The second-order valence-electron chi connectivity index (χ2n) is 11.6. The smallest absolute Gasteiger partial charge is 0.410 e. The quantitative estimate of drug-likeness (QED) is 0.556. The third kappa shape index (κ3) is 4.79. The summed E-state index contributed by atoms with van der Waals surface area (Å²) in [6.07, 6.45) is 2.85. The molecule has 0 radical (unpaired) electrons. The summed E-state index contributed by atoms with van der Waals surface area (Å²) in [7, 11) is 0. The van der Waals surface area contributed by atoms with Crippen molar-refractivity contribution >= 4 is 22.9 Å². The molecule has 2 aromatic heterocycles. The SMILES string of the molecule is CC1(C)CCc2c(-c3cc4ccc(C(=O)N5CCN(C(=O)OC(C)(C)C)CC5)cc4[nH]3)n[nH]c2C1. The molecule has 5 rings (SSSR count). The summed E-state index contributed by atoms with van der Waals surface area (Å²) >= 11 is 0. The minimum Gasteiger partial charge on any atom is -0.444 e. The minimum atomic E-state index is -0.528. The zero-order valence-corrected chi connectivity index (χ0v) is 21.3. The van der Waals surface area contributed by atoms with Gasteiger partial charge in [-0.2, -0.15) is 5.10 Å². The van der Waals surface area contributed by atoms with Gasteiger partial charge in [0.2, 0.25) is 0 Å². The highest BCUT2D eigenvalue weighted by molar-refractivity contribution is 5.99. The number of hydrogen-bond donors (Lipinski definition) is 2. The maximum atomic E-state index is 13.2. The third-order valence-electron chi connectivity index (χ3n) is 7.00. The minimum absolute atomic E-state index is 0.0220. The van der Waals surface area contributed by atoms with Crippen LogP contribution in [0.1, 0.15) is 62.7 Å². The lowest BCUT2D eigenvalue weighted by Crippen LogP contribution is -2.51. The number of benzene rings is 1. The van der Waals surface area contributed by atoms with Gasteiger partial charge in [0.15, 0.2) is 0 Å². The molecule has 0 saturated carbocycles. The van der Waals surface area contributed by atoms with Crippen LogP contribution in [0.2, 0.25) is 0 Å². The van der Waals surface area contributed by atoms with Crippen LogP contribution in [0, 0.1) is 5.41 Å². The van der Waals surface area contributed by atoms with E-state index in [4.69, 9.17) is 4.74 Å². The van der Waals surface area contributed by atoms with Gasteiger partial charge in [0, 0.05) is 53.9 Å². The van der Waals surface area contributed by atoms with Gasteiger partial charge in [-0.1, -0.05) is 19.9 Å². The second kappa shape index (κ2) is 8.43. The van der Waals surface area contributed by atoms with Crippen LogP contribution in [-0.2, 0) is 17.6 Å². The first-order valence-corrected chi connectivity index (χ1v) is 12.5. The van der Waals surface area contributed by atoms with Crippen LogP contribution in [-0.4, -0.2) is 68.8 Å². The van der Waals surface area contributed by atoms with E-state index in [-0.39, 0.29) is 12.0 Å². The molecule has 0 atom stereocenters. The van der Waals surface area contributed by atoms with Crippen molar-refractivity contribution in [1.29, 1.82) is 0 Å². The number of rotatable bonds is 2. The van der Waals surface area contributed by atoms with Crippen LogP contribution in [0.3, 0.4) is 0 Å². The van der Waals surface area contributed by atoms with Crippen LogP contribution >= 0.6 is 0 Å². The van der Waals surface area contributed by atoms with Crippen LogP contribution in [0.4, 0.5) is 4.79 Å². The van der Waals surface area contributed by atoms with Crippen LogP contribution in [0.5, 0.6) is 0 Å². The fourth-order valence-corrected chi connectivity index (χ4v) is 5.06. The van der Waals surface area contributed by atoms with Gasteiger partial charge in [-0.3, -0.25) is 9.89 Å². The topological polar surface area (TPSA) is 94.3 Å². The molecule has 2 N–H and O–H groups in total. The predicted molar refractivity (Wildman–Crippen MR) is 135 cm³/mol. The molecule has 186 valence electrons. The van der Waals surface area contributed by atoms with Gasteiger partial charge in [-0.15, -0.1) is 0 Å². The summed E-state index contributed by atoms with van der Waals surface area (Å²) in [5.41, 5.74) is 5.83. The number of aromatic nitrogens is 3. The van der Waals surface area contributed by atoms with E-state index in [9.17, 15) is 9.59 Å². The Balaban J connectivity index is 1.29. The Hall–Kier alpha value is -3.29. The van der Waals surface area contributed by atoms with Crippen molar-refractivity contribution in [1.82, 2.24) is 25.0 Å². The average molecular weight is 478 g/mol. The van der Waals surface area contributed by atoms with Gasteiger partial charge >= 0.3 is 6.09 Å². The Kier molecular flexibility index (Phi) is 5.65. The first-order chi connectivity index (χ1) is 16.5. The Morgan fingerprint density at radius 3 is 2.49 bits per heavy atom. The molecule has 2 amide bonds. The largest absolute Gasteiger partial charge is 0.444 e. The van der Waals surface area contributed by atoms with Crippen molar-refractivity contribution in [3.05, 3.63) is 41.1 Å². The summed E-state index contributed by atoms with van der Waals surface area (Å²) < 4.78 is 5.46. The third-order valence-corrected chi connectivity index (χ3v) is 7.00. The first kappa shape index (κ1) is 23.5. The van der Waals surface area contributed by atoms with E-state index in [1.165, 1.54) is 11.3 Å². The molecule has 1 aromatic carbocycles. The van der Waals surface area contributed by atoms with Gasteiger partial charge in [-0.25, -0.2) is 4.79 Å². The predicted octanol–water partition coefficient (Wildman–Crippen LogP) is 4.77. The van der Waals surface area contributed by atoms with Gasteiger partial charge in [0.1, 0.15) is 11.3 Å². The second-order valence-corrected chi connectivity index (χ2v) is 11.6. The highest BCUT2D eigenvalue weighted by Gasteiger charge is 2.30. The molecule has 3 heterocycles. The van der Waals surface area contributed by atoms with Gasteiger partial charge < -0.3 is 19.5 Å². The zero-order valence-electron chi connectivity index (χ0n) is 21.3.